The molecule has 1 heterocycles. The van der Waals surface area contributed by atoms with Gasteiger partial charge in [0.15, 0.2) is 5.03 Å². The molecule has 0 fully saturated rings. The minimum atomic E-state index is -3.82. The summed E-state index contributed by atoms with van der Waals surface area (Å²) >= 11 is 5.84. The van der Waals surface area contributed by atoms with Crippen LogP contribution in [0.1, 0.15) is 31.2 Å². The topological polar surface area (TPSA) is 52.0 Å². The first-order valence-electron chi connectivity index (χ1n) is 6.03. The average molecular weight is 333 g/mol. The molecule has 0 saturated carbocycles. The van der Waals surface area contributed by atoms with Crippen LogP contribution in [0.3, 0.4) is 0 Å². The highest BCUT2D eigenvalue weighted by molar-refractivity contribution is 8.13. The Labute approximate surface area is 127 Å². The van der Waals surface area contributed by atoms with Crippen molar-refractivity contribution in [3.05, 3.63) is 46.9 Å². The van der Waals surface area contributed by atoms with Crippen LogP contribution in [-0.2, 0) is 15.6 Å². The summed E-state index contributed by atoms with van der Waals surface area (Å²) in [6.45, 7) is 4.42. The van der Waals surface area contributed by atoms with E-state index in [1.54, 1.807) is 16.7 Å². The minimum absolute atomic E-state index is 0.0921. The summed E-state index contributed by atoms with van der Waals surface area (Å²) < 4.78 is 24.6. The van der Waals surface area contributed by atoms with Gasteiger partial charge in [-0.25, -0.2) is 13.4 Å². The zero-order chi connectivity index (χ0) is 14.9. The van der Waals surface area contributed by atoms with Crippen LogP contribution in [0.4, 0.5) is 0 Å². The van der Waals surface area contributed by atoms with Crippen molar-refractivity contribution in [3.8, 4) is 0 Å². The van der Waals surface area contributed by atoms with E-state index in [0.717, 1.165) is 5.56 Å². The Morgan fingerprint density at radius 2 is 1.85 bits per heavy atom. The van der Waals surface area contributed by atoms with Gasteiger partial charge in [-0.1, -0.05) is 37.6 Å². The third-order valence-electron chi connectivity index (χ3n) is 2.82. The Balaban J connectivity index is 2.40. The summed E-state index contributed by atoms with van der Waals surface area (Å²) in [7, 11) is 1.53. The summed E-state index contributed by atoms with van der Waals surface area (Å²) in [5, 5.41) is 0.546. The Morgan fingerprint density at radius 3 is 2.35 bits per heavy atom. The maximum atomic E-state index is 11.4. The van der Waals surface area contributed by atoms with Crippen molar-refractivity contribution in [2.75, 3.05) is 0 Å². The molecule has 0 bridgehead atoms. The number of rotatable bonds is 4. The fraction of sp³-hybridized carbons (Fsp3) is 0.308. The molecule has 1 aromatic carbocycles. The van der Waals surface area contributed by atoms with Gasteiger partial charge in [0.1, 0.15) is 5.82 Å². The van der Waals surface area contributed by atoms with Gasteiger partial charge in [0, 0.05) is 34.4 Å². The Bertz CT molecular complexity index is 706. The second kappa shape index (κ2) is 5.76. The third-order valence-corrected chi connectivity index (χ3v) is 4.24. The first-order valence-corrected chi connectivity index (χ1v) is 8.72. The van der Waals surface area contributed by atoms with Gasteiger partial charge in [0.05, 0.1) is 0 Å². The number of hydrogen-bond donors (Lipinski definition) is 0. The zero-order valence-corrected chi connectivity index (χ0v) is 13.4. The summed E-state index contributed by atoms with van der Waals surface area (Å²) in [6.07, 6.45) is 1.46. The molecule has 0 atom stereocenters. The van der Waals surface area contributed by atoms with Gasteiger partial charge in [-0.05, 0) is 17.7 Å². The number of nitrogens with zero attached hydrogens (tertiary/aromatic N) is 2. The van der Waals surface area contributed by atoms with Crippen LogP contribution < -0.4 is 0 Å². The van der Waals surface area contributed by atoms with E-state index in [1.165, 1.54) is 6.20 Å². The van der Waals surface area contributed by atoms with E-state index in [1.807, 2.05) is 26.0 Å². The largest absolute Gasteiger partial charge is 0.329 e. The van der Waals surface area contributed by atoms with Crippen LogP contribution in [-0.4, -0.2) is 18.0 Å². The van der Waals surface area contributed by atoms with Crippen molar-refractivity contribution in [2.45, 2.75) is 31.3 Å². The maximum absolute atomic E-state index is 11.4. The fourth-order valence-electron chi connectivity index (χ4n) is 1.90. The first-order chi connectivity index (χ1) is 9.27. The fourth-order valence-corrected chi connectivity index (χ4v) is 2.70. The van der Waals surface area contributed by atoms with Crippen LogP contribution >= 0.6 is 22.3 Å². The molecule has 0 saturated heterocycles. The molecular weight excluding hydrogens is 319 g/mol. The lowest BCUT2D eigenvalue weighted by molar-refractivity contribution is 0.606. The molecule has 0 radical (unpaired) electrons. The second-order valence-corrected chi connectivity index (χ2v) is 7.73. The van der Waals surface area contributed by atoms with E-state index in [-0.39, 0.29) is 10.9 Å². The van der Waals surface area contributed by atoms with Crippen LogP contribution in [0.2, 0.25) is 5.02 Å². The molecular formula is C13H14Cl2N2O2S. The molecule has 7 heteroatoms. The Kier molecular flexibility index (Phi) is 4.42. The highest BCUT2D eigenvalue weighted by Crippen LogP contribution is 2.21. The number of imidazole rings is 1. The van der Waals surface area contributed by atoms with E-state index < -0.39 is 9.05 Å². The SMILES string of the molecule is CC(C)c1nc(S(=O)(=O)Cl)cn1Cc1ccc(Cl)cc1. The van der Waals surface area contributed by atoms with E-state index in [4.69, 9.17) is 22.3 Å². The highest BCUT2D eigenvalue weighted by atomic mass is 35.7. The number of aromatic nitrogens is 2. The van der Waals surface area contributed by atoms with Crippen LogP contribution in [0, 0.1) is 0 Å². The first kappa shape index (κ1) is 15.4. The monoisotopic (exact) mass is 332 g/mol. The molecule has 0 spiro atoms. The van der Waals surface area contributed by atoms with Crippen molar-refractivity contribution in [2.24, 2.45) is 0 Å². The molecule has 0 aliphatic rings. The normalized spacial score (nSPS) is 12.1. The number of hydrogen-bond acceptors (Lipinski definition) is 3. The van der Waals surface area contributed by atoms with E-state index >= 15 is 0 Å². The van der Waals surface area contributed by atoms with E-state index in [9.17, 15) is 8.42 Å². The van der Waals surface area contributed by atoms with Gasteiger partial charge in [-0.2, -0.15) is 0 Å². The van der Waals surface area contributed by atoms with Gasteiger partial charge in [0.2, 0.25) is 0 Å². The lowest BCUT2D eigenvalue weighted by atomic mass is 10.2. The van der Waals surface area contributed by atoms with Crippen molar-refractivity contribution < 1.29 is 8.42 Å². The standard InChI is InChI=1S/C13H14Cl2N2O2S/c1-9(2)13-16-12(20(15,18)19)8-17(13)7-10-3-5-11(14)6-4-10/h3-6,8-9H,7H2,1-2H3. The summed E-state index contributed by atoms with van der Waals surface area (Å²) in [5.41, 5.74) is 1.01. The summed E-state index contributed by atoms with van der Waals surface area (Å²) in [6, 6.07) is 7.37. The van der Waals surface area contributed by atoms with Crippen LogP contribution in [0.15, 0.2) is 35.5 Å². The number of halogens is 2. The quantitative estimate of drug-likeness (QED) is 0.803. The minimum Gasteiger partial charge on any atom is -0.329 e. The third kappa shape index (κ3) is 3.53. The van der Waals surface area contributed by atoms with Gasteiger partial charge >= 0.3 is 0 Å². The van der Waals surface area contributed by atoms with Gasteiger partial charge in [0.25, 0.3) is 9.05 Å². The van der Waals surface area contributed by atoms with Gasteiger partial charge in [-0.3, -0.25) is 0 Å². The molecule has 0 aliphatic heterocycles. The molecule has 2 aromatic rings. The smallest absolute Gasteiger partial charge is 0.280 e. The van der Waals surface area contributed by atoms with Crippen molar-refractivity contribution in [1.29, 1.82) is 0 Å². The molecule has 0 N–H and O–H groups in total. The molecule has 1 aromatic heterocycles. The van der Waals surface area contributed by atoms with Gasteiger partial charge in [-0.15, -0.1) is 0 Å². The molecule has 20 heavy (non-hydrogen) atoms. The Hall–Kier alpha value is -1.04. The van der Waals surface area contributed by atoms with E-state index in [0.29, 0.717) is 17.4 Å². The van der Waals surface area contributed by atoms with Crippen molar-refractivity contribution >= 4 is 31.3 Å². The Morgan fingerprint density at radius 1 is 1.25 bits per heavy atom. The predicted molar refractivity (Wildman–Crippen MR) is 79.9 cm³/mol. The van der Waals surface area contributed by atoms with Crippen molar-refractivity contribution in [3.63, 3.8) is 0 Å². The van der Waals surface area contributed by atoms with Crippen molar-refractivity contribution in [1.82, 2.24) is 9.55 Å². The second-order valence-electron chi connectivity index (χ2n) is 4.78. The maximum Gasteiger partial charge on any atom is 0.280 e. The lowest BCUT2D eigenvalue weighted by Gasteiger charge is -2.10. The molecule has 2 rings (SSSR count). The van der Waals surface area contributed by atoms with Crippen LogP contribution in [0.25, 0.3) is 0 Å². The number of benzene rings is 1. The van der Waals surface area contributed by atoms with Gasteiger partial charge < -0.3 is 4.57 Å². The molecule has 0 unspecified atom stereocenters. The van der Waals surface area contributed by atoms with E-state index in [2.05, 4.69) is 4.98 Å². The zero-order valence-electron chi connectivity index (χ0n) is 11.0. The summed E-state index contributed by atoms with van der Waals surface area (Å²) in [5.74, 6) is 0.772. The molecule has 0 aliphatic carbocycles. The molecule has 108 valence electrons. The molecule has 0 amide bonds. The highest BCUT2D eigenvalue weighted by Gasteiger charge is 2.19. The average Bonchev–Trinajstić information content (AvgIpc) is 2.76. The predicted octanol–water partition coefficient (Wildman–Crippen LogP) is 3.64. The van der Waals surface area contributed by atoms with Crippen LogP contribution in [0.5, 0.6) is 0 Å². The molecule has 4 nitrogen and oxygen atoms in total. The lowest BCUT2D eigenvalue weighted by Crippen LogP contribution is -2.05. The summed E-state index contributed by atoms with van der Waals surface area (Å²) in [4.78, 5) is 4.11.